The second-order valence-electron chi connectivity index (χ2n) is 4.60. The van der Waals surface area contributed by atoms with E-state index in [0.29, 0.717) is 5.88 Å². The fraction of sp³-hybridized carbons (Fsp3) is 0.312. The monoisotopic (exact) mass is 274 g/mol. The van der Waals surface area contributed by atoms with E-state index in [1.54, 1.807) is 24.3 Å². The van der Waals surface area contributed by atoms with Crippen molar-refractivity contribution in [1.82, 2.24) is 10.3 Å². The first-order valence-electron chi connectivity index (χ1n) is 6.80. The highest BCUT2D eigenvalue weighted by atomic mass is 19.1. The Morgan fingerprint density at radius 3 is 2.70 bits per heavy atom. The van der Waals surface area contributed by atoms with Gasteiger partial charge in [-0.25, -0.2) is 9.37 Å². The van der Waals surface area contributed by atoms with Gasteiger partial charge in [0.25, 0.3) is 0 Å². The third-order valence-corrected chi connectivity index (χ3v) is 2.96. The summed E-state index contributed by atoms with van der Waals surface area (Å²) in [5.74, 6) is 0.212. The Kier molecular flexibility index (Phi) is 5.07. The molecule has 0 spiro atoms. The molecule has 4 heteroatoms. The second-order valence-corrected chi connectivity index (χ2v) is 4.60. The van der Waals surface area contributed by atoms with Crippen molar-refractivity contribution in [3.63, 3.8) is 0 Å². The minimum atomic E-state index is -0.388. The van der Waals surface area contributed by atoms with Crippen molar-refractivity contribution >= 4 is 0 Å². The lowest BCUT2D eigenvalue weighted by Crippen LogP contribution is -2.15. The minimum absolute atomic E-state index is 0.191. The Labute approximate surface area is 118 Å². The zero-order chi connectivity index (χ0) is 14.4. The van der Waals surface area contributed by atoms with Gasteiger partial charge in [-0.3, -0.25) is 0 Å². The molecule has 106 valence electrons. The molecule has 0 amide bonds. The van der Waals surface area contributed by atoms with Crippen molar-refractivity contribution < 1.29 is 9.13 Å². The third kappa shape index (κ3) is 3.78. The van der Waals surface area contributed by atoms with Gasteiger partial charge in [0.15, 0.2) is 11.6 Å². The average molecular weight is 274 g/mol. The maximum absolute atomic E-state index is 13.5. The van der Waals surface area contributed by atoms with E-state index in [-0.39, 0.29) is 11.6 Å². The van der Waals surface area contributed by atoms with Crippen LogP contribution < -0.4 is 10.1 Å². The van der Waals surface area contributed by atoms with Crippen LogP contribution in [0, 0.1) is 12.7 Å². The molecule has 0 aliphatic carbocycles. The molecule has 0 fully saturated rings. The number of hydrogen-bond donors (Lipinski definition) is 1. The van der Waals surface area contributed by atoms with Crippen LogP contribution in [0.4, 0.5) is 4.39 Å². The summed E-state index contributed by atoms with van der Waals surface area (Å²) in [5.41, 5.74) is 2.02. The number of nitrogens with zero attached hydrogens (tertiary/aromatic N) is 1. The molecule has 0 saturated carbocycles. The van der Waals surface area contributed by atoms with Gasteiger partial charge in [0, 0.05) is 18.3 Å². The Hall–Kier alpha value is -1.94. The molecule has 1 aromatic heterocycles. The van der Waals surface area contributed by atoms with Crippen molar-refractivity contribution in [1.29, 1.82) is 0 Å². The van der Waals surface area contributed by atoms with Gasteiger partial charge in [0.1, 0.15) is 0 Å². The van der Waals surface area contributed by atoms with Gasteiger partial charge in [0.2, 0.25) is 5.88 Å². The quantitative estimate of drug-likeness (QED) is 0.813. The third-order valence-electron chi connectivity index (χ3n) is 2.96. The number of para-hydroxylation sites is 1. The summed E-state index contributed by atoms with van der Waals surface area (Å²) in [6, 6.07) is 10.0. The van der Waals surface area contributed by atoms with Gasteiger partial charge in [-0.05, 0) is 37.6 Å². The number of benzene rings is 1. The highest BCUT2D eigenvalue weighted by molar-refractivity contribution is 5.31. The smallest absolute Gasteiger partial charge is 0.219 e. The van der Waals surface area contributed by atoms with Crippen LogP contribution in [0.1, 0.15) is 24.6 Å². The fourth-order valence-electron chi connectivity index (χ4n) is 1.85. The van der Waals surface area contributed by atoms with Crippen molar-refractivity contribution in [2.24, 2.45) is 0 Å². The van der Waals surface area contributed by atoms with E-state index in [9.17, 15) is 4.39 Å². The number of nitrogens with one attached hydrogen (secondary N) is 1. The first kappa shape index (κ1) is 14.5. The molecular formula is C16H19FN2O. The molecule has 1 N–H and O–H groups in total. The number of rotatable bonds is 6. The molecule has 1 heterocycles. The van der Waals surface area contributed by atoms with E-state index in [0.717, 1.165) is 30.8 Å². The number of halogens is 1. The maximum Gasteiger partial charge on any atom is 0.219 e. The summed E-state index contributed by atoms with van der Waals surface area (Å²) in [6.07, 6.45) is 1.10. The van der Waals surface area contributed by atoms with Crippen molar-refractivity contribution in [2.45, 2.75) is 26.8 Å². The summed E-state index contributed by atoms with van der Waals surface area (Å²) in [5, 5.41) is 3.33. The van der Waals surface area contributed by atoms with Crippen molar-refractivity contribution in [3.8, 4) is 11.6 Å². The number of aryl methyl sites for hydroxylation is 1. The number of hydrogen-bond acceptors (Lipinski definition) is 3. The summed E-state index contributed by atoms with van der Waals surface area (Å²) in [6.45, 7) is 5.82. The molecule has 0 aliphatic rings. The summed E-state index contributed by atoms with van der Waals surface area (Å²) >= 11 is 0. The molecule has 3 nitrogen and oxygen atoms in total. The molecule has 0 saturated heterocycles. The zero-order valence-electron chi connectivity index (χ0n) is 11.8. The number of ether oxygens (including phenoxy) is 1. The molecule has 0 atom stereocenters. The zero-order valence-corrected chi connectivity index (χ0v) is 11.8. The van der Waals surface area contributed by atoms with E-state index in [4.69, 9.17) is 4.74 Å². The van der Waals surface area contributed by atoms with E-state index in [1.807, 2.05) is 13.0 Å². The van der Waals surface area contributed by atoms with Crippen LogP contribution in [-0.4, -0.2) is 11.5 Å². The predicted octanol–water partition coefficient (Wildman–Crippen LogP) is 3.82. The second kappa shape index (κ2) is 7.01. The van der Waals surface area contributed by atoms with Gasteiger partial charge in [-0.15, -0.1) is 0 Å². The molecule has 2 aromatic rings. The van der Waals surface area contributed by atoms with E-state index >= 15 is 0 Å². The van der Waals surface area contributed by atoms with Crippen LogP contribution in [-0.2, 0) is 6.54 Å². The fourth-order valence-corrected chi connectivity index (χ4v) is 1.85. The Morgan fingerprint density at radius 2 is 2.00 bits per heavy atom. The highest BCUT2D eigenvalue weighted by Crippen LogP contribution is 2.23. The van der Waals surface area contributed by atoms with Crippen LogP contribution in [0.15, 0.2) is 36.4 Å². The number of aromatic nitrogens is 1. The predicted molar refractivity (Wildman–Crippen MR) is 77.4 cm³/mol. The van der Waals surface area contributed by atoms with Crippen molar-refractivity contribution in [2.75, 3.05) is 6.54 Å². The van der Waals surface area contributed by atoms with Crippen LogP contribution in [0.5, 0.6) is 11.6 Å². The summed E-state index contributed by atoms with van der Waals surface area (Å²) in [7, 11) is 0. The summed E-state index contributed by atoms with van der Waals surface area (Å²) in [4.78, 5) is 4.36. The molecule has 0 radical (unpaired) electrons. The van der Waals surface area contributed by atoms with Gasteiger partial charge in [-0.2, -0.15) is 0 Å². The van der Waals surface area contributed by atoms with Crippen LogP contribution in [0.25, 0.3) is 0 Å². The van der Waals surface area contributed by atoms with Gasteiger partial charge < -0.3 is 10.1 Å². The van der Waals surface area contributed by atoms with Crippen LogP contribution in [0.2, 0.25) is 0 Å². The normalized spacial score (nSPS) is 10.6. The minimum Gasteiger partial charge on any atom is -0.436 e. The van der Waals surface area contributed by atoms with Crippen LogP contribution >= 0.6 is 0 Å². The van der Waals surface area contributed by atoms with Crippen molar-refractivity contribution in [3.05, 3.63) is 53.5 Å². The Bertz CT molecular complexity index is 572. The topological polar surface area (TPSA) is 34.1 Å². The lowest BCUT2D eigenvalue weighted by molar-refractivity contribution is 0.426. The first-order chi connectivity index (χ1) is 9.70. The van der Waals surface area contributed by atoms with Crippen LogP contribution in [0.3, 0.4) is 0 Å². The van der Waals surface area contributed by atoms with Gasteiger partial charge >= 0.3 is 0 Å². The lowest BCUT2D eigenvalue weighted by atomic mass is 10.2. The highest BCUT2D eigenvalue weighted by Gasteiger charge is 2.06. The maximum atomic E-state index is 13.5. The molecule has 1 aromatic carbocycles. The largest absolute Gasteiger partial charge is 0.436 e. The Morgan fingerprint density at radius 1 is 1.20 bits per heavy atom. The standard InChI is InChI=1S/C16H19FN2O/c1-3-10-18-11-13-8-9-16(19-12(13)2)20-15-7-5-4-6-14(15)17/h4-9,18H,3,10-11H2,1-2H3. The average Bonchev–Trinajstić information content (AvgIpc) is 2.44. The van der Waals surface area contributed by atoms with Gasteiger partial charge in [-0.1, -0.05) is 25.1 Å². The SMILES string of the molecule is CCCNCc1ccc(Oc2ccccc2F)nc1C. The van der Waals surface area contributed by atoms with E-state index in [2.05, 4.69) is 17.2 Å². The molecule has 0 aliphatic heterocycles. The van der Waals surface area contributed by atoms with E-state index in [1.165, 1.54) is 6.07 Å². The first-order valence-corrected chi connectivity index (χ1v) is 6.80. The molecule has 2 rings (SSSR count). The summed E-state index contributed by atoms with van der Waals surface area (Å²) < 4.78 is 19.0. The lowest BCUT2D eigenvalue weighted by Gasteiger charge is -2.10. The molecule has 0 bridgehead atoms. The Balaban J connectivity index is 2.07. The van der Waals surface area contributed by atoms with Gasteiger partial charge in [0.05, 0.1) is 0 Å². The molecular weight excluding hydrogens is 255 g/mol. The van der Waals surface area contributed by atoms with E-state index < -0.39 is 0 Å². The number of pyridine rings is 1. The molecule has 0 unspecified atom stereocenters. The molecule has 20 heavy (non-hydrogen) atoms.